The lowest BCUT2D eigenvalue weighted by Crippen LogP contribution is -1.97. The van der Waals surface area contributed by atoms with Crippen LogP contribution in [0.4, 0.5) is 0 Å². The third kappa shape index (κ3) is 10.1. The van der Waals surface area contributed by atoms with E-state index in [4.69, 9.17) is 19.4 Å². The van der Waals surface area contributed by atoms with Gasteiger partial charge in [-0.25, -0.2) is 9.97 Å². The number of H-pyrrole nitrogens is 2. The molecule has 0 spiro atoms. The fourth-order valence-electron chi connectivity index (χ4n) is 9.10. The van der Waals surface area contributed by atoms with Crippen LogP contribution in [0.1, 0.15) is 114 Å². The number of rotatable bonds is 20. The van der Waals surface area contributed by atoms with Gasteiger partial charge in [0.1, 0.15) is 11.5 Å². The van der Waals surface area contributed by atoms with Crippen LogP contribution in [0.15, 0.2) is 97.6 Å². The van der Waals surface area contributed by atoms with Gasteiger partial charge in [0.15, 0.2) is 0 Å². The number of aromatic amines is 2. The smallest absolute Gasteiger partial charge is 0.119 e. The van der Waals surface area contributed by atoms with E-state index in [-0.39, 0.29) is 0 Å². The van der Waals surface area contributed by atoms with E-state index in [2.05, 4.69) is 131 Å². The minimum Gasteiger partial charge on any atom is -0.494 e. The Morgan fingerprint density at radius 3 is 1.08 bits per heavy atom. The van der Waals surface area contributed by atoms with E-state index in [1.165, 1.54) is 64.2 Å². The van der Waals surface area contributed by atoms with Gasteiger partial charge in [0.05, 0.1) is 48.4 Å². The first kappa shape index (κ1) is 44.3. The summed E-state index contributed by atoms with van der Waals surface area (Å²) in [5.74, 6) is 1.74. The van der Waals surface area contributed by atoms with Crippen molar-refractivity contribution in [3.05, 3.63) is 120 Å². The summed E-state index contributed by atoms with van der Waals surface area (Å²) in [4.78, 5) is 18.5. The van der Waals surface area contributed by atoms with E-state index in [1.54, 1.807) is 0 Å². The highest BCUT2D eigenvalue weighted by atomic mass is 16.5. The second kappa shape index (κ2) is 20.9. The number of unbranched alkanes of at least 4 members (excludes halogenated alkanes) is 10. The molecule has 0 saturated heterocycles. The number of hydrogen-bond acceptors (Lipinski definition) is 6. The van der Waals surface area contributed by atoms with Crippen LogP contribution in [0.25, 0.3) is 90.9 Å². The molecule has 0 atom stereocenters. The van der Waals surface area contributed by atoms with Crippen molar-refractivity contribution in [2.75, 3.05) is 13.2 Å². The Labute approximate surface area is 388 Å². The lowest BCUT2D eigenvalue weighted by atomic mass is 10.0. The fourth-order valence-corrected chi connectivity index (χ4v) is 9.10. The molecule has 66 heavy (non-hydrogen) atoms. The summed E-state index contributed by atoms with van der Waals surface area (Å²) < 4.78 is 16.1. The topological polar surface area (TPSA) is 111 Å². The highest BCUT2D eigenvalue weighted by molar-refractivity contribution is 5.99. The van der Waals surface area contributed by atoms with E-state index in [9.17, 15) is 0 Å². The number of aromatic nitrogens is 8. The lowest BCUT2D eigenvalue weighted by Gasteiger charge is -2.09. The number of hydrogen-bond donors (Lipinski definition) is 2. The van der Waals surface area contributed by atoms with Crippen LogP contribution in [-0.4, -0.2) is 52.7 Å². The van der Waals surface area contributed by atoms with Crippen LogP contribution in [0, 0.1) is 0 Å². The van der Waals surface area contributed by atoms with Crippen molar-refractivity contribution in [1.82, 2.24) is 39.5 Å². The highest BCUT2D eigenvalue weighted by Crippen LogP contribution is 2.39. The number of nitrogens with zero attached hydrogens (tertiary/aromatic N) is 6. The van der Waals surface area contributed by atoms with Crippen LogP contribution in [-0.2, 0) is 14.1 Å². The van der Waals surface area contributed by atoms with Crippen LogP contribution < -0.4 is 9.47 Å². The zero-order chi connectivity index (χ0) is 45.2. The lowest BCUT2D eigenvalue weighted by molar-refractivity contribution is 0.304. The number of aryl methyl sites for hydroxylation is 2. The molecule has 338 valence electrons. The highest BCUT2D eigenvalue weighted by Gasteiger charge is 2.20. The zero-order valence-electron chi connectivity index (χ0n) is 38.9. The SMILES string of the molecule is CCCCCCCCOc1ccc(-c2c3nc(c(-c4ccc(OCCCCCCCC)cc4)c4ccc([nH]4)c(-c4cnn(C)c4)c4nc(c(-c5cnn(C)c5)c5ccc2[nH]5)C=C4)C=C3)cc1. The van der Waals surface area contributed by atoms with Gasteiger partial charge in [-0.05, 0) is 96.8 Å². The Balaban J connectivity index is 1.20. The summed E-state index contributed by atoms with van der Waals surface area (Å²) in [7, 11) is 3.88. The van der Waals surface area contributed by atoms with Gasteiger partial charge >= 0.3 is 0 Å². The van der Waals surface area contributed by atoms with E-state index >= 15 is 0 Å². The van der Waals surface area contributed by atoms with Gasteiger partial charge in [-0.15, -0.1) is 0 Å². The van der Waals surface area contributed by atoms with Crippen molar-refractivity contribution in [2.45, 2.75) is 90.9 Å². The number of nitrogens with one attached hydrogen (secondary N) is 2. The molecule has 7 aromatic rings. The van der Waals surface area contributed by atoms with E-state index < -0.39 is 0 Å². The van der Waals surface area contributed by atoms with Crippen LogP contribution in [0.2, 0.25) is 0 Å². The van der Waals surface area contributed by atoms with Gasteiger partial charge in [-0.3, -0.25) is 9.36 Å². The largest absolute Gasteiger partial charge is 0.494 e. The molecule has 0 aliphatic carbocycles. The van der Waals surface area contributed by atoms with Crippen molar-refractivity contribution in [3.8, 4) is 56.0 Å². The summed E-state index contributed by atoms with van der Waals surface area (Å²) in [6, 6.07) is 25.5. The summed E-state index contributed by atoms with van der Waals surface area (Å²) in [5, 5.41) is 9.16. The molecule has 2 aliphatic rings. The van der Waals surface area contributed by atoms with E-state index in [0.717, 1.165) is 114 Å². The van der Waals surface area contributed by atoms with Crippen LogP contribution in [0.3, 0.4) is 0 Å². The minimum atomic E-state index is 0.715. The molecule has 0 radical (unpaired) electrons. The molecule has 7 heterocycles. The Bertz CT molecular complexity index is 2780. The molecular weight excluding hydrogens is 817 g/mol. The maximum atomic E-state index is 6.24. The van der Waals surface area contributed by atoms with Gasteiger partial charge in [0.2, 0.25) is 0 Å². The molecule has 2 aromatic carbocycles. The Hall–Kier alpha value is -6.94. The molecule has 10 heteroatoms. The van der Waals surface area contributed by atoms with Crippen LogP contribution >= 0.6 is 0 Å². The van der Waals surface area contributed by atoms with Crippen LogP contribution in [0.5, 0.6) is 11.5 Å². The predicted molar refractivity (Wildman–Crippen MR) is 272 cm³/mol. The zero-order valence-corrected chi connectivity index (χ0v) is 38.9. The number of benzene rings is 2. The first-order valence-electron chi connectivity index (χ1n) is 24.1. The average molecular weight is 879 g/mol. The molecule has 0 fully saturated rings. The maximum Gasteiger partial charge on any atom is 0.119 e. The second-order valence-corrected chi connectivity index (χ2v) is 17.6. The Morgan fingerprint density at radius 1 is 0.409 bits per heavy atom. The molecule has 0 unspecified atom stereocenters. The predicted octanol–water partition coefficient (Wildman–Crippen LogP) is 14.3. The third-order valence-corrected chi connectivity index (χ3v) is 12.6. The first-order chi connectivity index (χ1) is 32.4. The number of fused-ring (bicyclic) bond motifs is 8. The molecule has 5 aromatic heterocycles. The van der Waals surface area contributed by atoms with Gasteiger partial charge in [-0.2, -0.15) is 10.2 Å². The van der Waals surface area contributed by atoms with Crippen molar-refractivity contribution in [3.63, 3.8) is 0 Å². The Morgan fingerprint density at radius 2 is 0.742 bits per heavy atom. The standard InChI is InChI=1S/C56H62N8O2/c1-5-7-9-11-13-15-33-65-43-21-17-39(18-22-43)53-45-25-26-46(59-45)54(40-19-23-44(24-20-40)66-34-16-14-12-10-8-6-2)48-28-30-50(61-48)56(42-36-58-64(4)38-42)52-32-31-51(62-52)55(41-35-57-63(3)37-41)49-29-27-47(53)60-49/h17-32,35-38,60-61H,5-16,33-34H2,1-4H3. The molecule has 10 nitrogen and oxygen atoms in total. The molecule has 9 rings (SSSR count). The quantitative estimate of drug-likeness (QED) is 0.0738. The normalized spacial score (nSPS) is 12.1. The minimum absolute atomic E-state index is 0.715. The van der Waals surface area contributed by atoms with Crippen molar-refractivity contribution in [2.24, 2.45) is 14.1 Å². The third-order valence-electron chi connectivity index (χ3n) is 12.6. The molecule has 8 bridgehead atoms. The van der Waals surface area contributed by atoms with Crippen molar-refractivity contribution in [1.29, 1.82) is 0 Å². The van der Waals surface area contributed by atoms with Gasteiger partial charge in [-0.1, -0.05) is 102 Å². The Kier molecular flexibility index (Phi) is 14.0. The first-order valence-corrected chi connectivity index (χ1v) is 24.1. The van der Waals surface area contributed by atoms with E-state index in [1.807, 2.05) is 48.2 Å². The molecule has 2 N–H and O–H groups in total. The van der Waals surface area contributed by atoms with Crippen molar-refractivity contribution < 1.29 is 9.47 Å². The second-order valence-electron chi connectivity index (χ2n) is 17.6. The summed E-state index contributed by atoms with van der Waals surface area (Å²) >= 11 is 0. The fraction of sp³-hybridized carbons (Fsp3) is 0.321. The molecular formula is C56H62N8O2. The van der Waals surface area contributed by atoms with Gasteiger partial charge in [0, 0.05) is 81.9 Å². The summed E-state index contributed by atoms with van der Waals surface area (Å²) in [6.07, 6.45) is 31.1. The monoisotopic (exact) mass is 878 g/mol. The van der Waals surface area contributed by atoms with E-state index in [0.29, 0.717) is 13.2 Å². The number of ether oxygens (including phenoxy) is 2. The molecule has 2 aliphatic heterocycles. The van der Waals surface area contributed by atoms with Gasteiger partial charge < -0.3 is 19.4 Å². The molecule has 0 saturated carbocycles. The molecule has 0 amide bonds. The summed E-state index contributed by atoms with van der Waals surface area (Å²) in [5.41, 5.74) is 15.0. The maximum absolute atomic E-state index is 6.24. The van der Waals surface area contributed by atoms with Crippen molar-refractivity contribution >= 4 is 46.4 Å². The van der Waals surface area contributed by atoms with Gasteiger partial charge in [0.25, 0.3) is 0 Å². The summed E-state index contributed by atoms with van der Waals surface area (Å²) in [6.45, 7) is 5.94. The average Bonchev–Trinajstić information content (AvgIpc) is 4.21.